The van der Waals surface area contributed by atoms with Crippen LogP contribution in [0.1, 0.15) is 12.5 Å². The first-order valence-electron chi connectivity index (χ1n) is 7.08. The summed E-state index contributed by atoms with van der Waals surface area (Å²) in [6.07, 6.45) is 1.95. The van der Waals surface area contributed by atoms with Gasteiger partial charge >= 0.3 is 0 Å². The highest BCUT2D eigenvalue weighted by Crippen LogP contribution is 2.20. The van der Waals surface area contributed by atoms with Gasteiger partial charge in [-0.2, -0.15) is 0 Å². The second-order valence-electron chi connectivity index (χ2n) is 5.17. The lowest BCUT2D eigenvalue weighted by Crippen LogP contribution is -2.16. The highest BCUT2D eigenvalue weighted by atomic mass is 32.2. The maximum absolute atomic E-state index is 13.3. The summed E-state index contributed by atoms with van der Waals surface area (Å²) in [5.41, 5.74) is 0.674. The van der Waals surface area contributed by atoms with Crippen LogP contribution in [0.3, 0.4) is 0 Å². The number of aromatic amines is 1. The van der Waals surface area contributed by atoms with Gasteiger partial charge in [0.2, 0.25) is 15.3 Å². The molecule has 0 saturated carbocycles. The van der Waals surface area contributed by atoms with E-state index in [0.29, 0.717) is 5.52 Å². The van der Waals surface area contributed by atoms with E-state index in [4.69, 9.17) is 0 Å². The van der Waals surface area contributed by atoms with Crippen LogP contribution in [0.5, 0.6) is 0 Å². The Morgan fingerprint density at radius 3 is 2.43 bits per heavy atom. The Kier molecular flexibility index (Phi) is 3.77. The molecule has 4 nitrogen and oxygen atoms in total. The summed E-state index contributed by atoms with van der Waals surface area (Å²) in [5.74, 6) is -0.593. The molecule has 118 valence electrons. The van der Waals surface area contributed by atoms with E-state index in [-0.39, 0.29) is 15.2 Å². The molecule has 6 heteroatoms. The molecule has 0 fully saturated rings. The summed E-state index contributed by atoms with van der Waals surface area (Å²) in [6, 6.07) is 10.0. The average Bonchev–Trinajstić information content (AvgIpc) is 2.55. The monoisotopic (exact) mass is 331 g/mol. The number of hydrogen-bond acceptors (Lipinski definition) is 3. The summed E-state index contributed by atoms with van der Waals surface area (Å²) < 4.78 is 38.7. The first-order valence-corrected chi connectivity index (χ1v) is 8.57. The Hall–Kier alpha value is -2.47. The predicted molar refractivity (Wildman–Crippen MR) is 85.8 cm³/mol. The minimum atomic E-state index is -3.97. The molecule has 0 saturated heterocycles. The van der Waals surface area contributed by atoms with Gasteiger partial charge in [-0.1, -0.05) is 19.1 Å². The molecule has 0 aliphatic rings. The van der Waals surface area contributed by atoms with Crippen LogP contribution in [-0.2, 0) is 16.3 Å². The summed E-state index contributed by atoms with van der Waals surface area (Å²) in [7, 11) is -3.97. The fourth-order valence-corrected chi connectivity index (χ4v) is 3.72. The molecule has 3 rings (SSSR count). The van der Waals surface area contributed by atoms with Crippen molar-refractivity contribution < 1.29 is 12.8 Å². The first-order chi connectivity index (χ1) is 10.9. The number of nitrogens with one attached hydrogen (secondary N) is 1. The summed E-state index contributed by atoms with van der Waals surface area (Å²) in [6.45, 7) is 1.96. The van der Waals surface area contributed by atoms with Crippen LogP contribution in [0.15, 0.2) is 63.2 Å². The second-order valence-corrected chi connectivity index (χ2v) is 7.09. The van der Waals surface area contributed by atoms with Gasteiger partial charge < -0.3 is 4.98 Å². The molecule has 1 heterocycles. The molecule has 0 atom stereocenters. The van der Waals surface area contributed by atoms with E-state index < -0.39 is 21.1 Å². The molecule has 0 spiro atoms. The van der Waals surface area contributed by atoms with Crippen molar-refractivity contribution in [2.75, 3.05) is 0 Å². The molecule has 0 aliphatic carbocycles. The SMILES string of the molecule is CCc1ccc(S(=O)(=O)c2c[nH]c3ccc(F)cc3c2=O)cc1. The fourth-order valence-electron chi connectivity index (χ4n) is 2.40. The minimum Gasteiger partial charge on any atom is -0.360 e. The molecule has 0 aliphatic heterocycles. The molecule has 2 aromatic carbocycles. The van der Waals surface area contributed by atoms with Gasteiger partial charge in [0.05, 0.1) is 4.90 Å². The summed E-state index contributed by atoms with van der Waals surface area (Å²) >= 11 is 0. The van der Waals surface area contributed by atoms with Gasteiger partial charge in [0.1, 0.15) is 10.7 Å². The third-order valence-corrected chi connectivity index (χ3v) is 5.52. The van der Waals surface area contributed by atoms with Crippen molar-refractivity contribution in [3.63, 3.8) is 0 Å². The lowest BCUT2D eigenvalue weighted by molar-refractivity contribution is 0.595. The van der Waals surface area contributed by atoms with E-state index in [1.165, 1.54) is 24.3 Å². The molecular weight excluding hydrogens is 317 g/mol. The average molecular weight is 331 g/mol. The minimum absolute atomic E-state index is 0.0104. The van der Waals surface area contributed by atoms with E-state index >= 15 is 0 Å². The largest absolute Gasteiger partial charge is 0.360 e. The molecule has 23 heavy (non-hydrogen) atoms. The first kappa shape index (κ1) is 15.4. The second kappa shape index (κ2) is 5.62. The maximum atomic E-state index is 13.3. The van der Waals surface area contributed by atoms with E-state index in [1.54, 1.807) is 12.1 Å². The number of rotatable bonds is 3. The van der Waals surface area contributed by atoms with Crippen molar-refractivity contribution in [1.29, 1.82) is 0 Å². The van der Waals surface area contributed by atoms with Crippen LogP contribution in [0, 0.1) is 5.82 Å². The molecule has 1 aromatic heterocycles. The van der Waals surface area contributed by atoms with Crippen molar-refractivity contribution in [2.24, 2.45) is 0 Å². The van der Waals surface area contributed by atoms with Gasteiger partial charge in [0, 0.05) is 17.1 Å². The quantitative estimate of drug-likeness (QED) is 0.802. The smallest absolute Gasteiger partial charge is 0.211 e. The number of H-pyrrole nitrogens is 1. The molecule has 0 unspecified atom stereocenters. The van der Waals surface area contributed by atoms with Crippen molar-refractivity contribution in [3.05, 3.63) is 70.3 Å². The van der Waals surface area contributed by atoms with Gasteiger partial charge in [-0.05, 0) is 42.3 Å². The summed E-state index contributed by atoms with van der Waals surface area (Å²) in [5, 5.41) is 0.0104. The van der Waals surface area contributed by atoms with E-state index in [0.717, 1.165) is 24.2 Å². The van der Waals surface area contributed by atoms with Crippen LogP contribution in [-0.4, -0.2) is 13.4 Å². The molecular formula is C17H14FNO3S. The predicted octanol–water partition coefficient (Wildman–Crippen LogP) is 3.06. The van der Waals surface area contributed by atoms with Crippen molar-refractivity contribution >= 4 is 20.7 Å². The van der Waals surface area contributed by atoms with Crippen molar-refractivity contribution in [1.82, 2.24) is 4.98 Å². The standard InChI is InChI=1S/C17H14FNO3S/c1-2-11-3-6-13(7-4-11)23(21,22)16-10-19-15-8-5-12(18)9-14(15)17(16)20/h3-10H,2H2,1H3,(H,19,20). The highest BCUT2D eigenvalue weighted by Gasteiger charge is 2.22. The molecule has 0 amide bonds. The third-order valence-electron chi connectivity index (χ3n) is 3.74. The van der Waals surface area contributed by atoms with Gasteiger partial charge in [0.15, 0.2) is 0 Å². The topological polar surface area (TPSA) is 67.0 Å². The van der Waals surface area contributed by atoms with E-state index in [9.17, 15) is 17.6 Å². The Balaban J connectivity index is 2.21. The van der Waals surface area contributed by atoms with Crippen molar-refractivity contribution in [3.8, 4) is 0 Å². The normalized spacial score (nSPS) is 11.7. The maximum Gasteiger partial charge on any atom is 0.211 e. The Labute approximate surface area is 132 Å². The number of hydrogen-bond donors (Lipinski definition) is 1. The zero-order valence-corrected chi connectivity index (χ0v) is 13.2. The van der Waals surface area contributed by atoms with E-state index in [1.807, 2.05) is 6.92 Å². The lowest BCUT2D eigenvalue weighted by Gasteiger charge is -2.06. The molecule has 3 aromatic rings. The Morgan fingerprint density at radius 1 is 1.09 bits per heavy atom. The van der Waals surface area contributed by atoms with Gasteiger partial charge in [-0.15, -0.1) is 0 Å². The van der Waals surface area contributed by atoms with Crippen LogP contribution >= 0.6 is 0 Å². The van der Waals surface area contributed by atoms with Crippen LogP contribution < -0.4 is 5.43 Å². The number of sulfone groups is 1. The van der Waals surface area contributed by atoms with Gasteiger partial charge in [-0.25, -0.2) is 12.8 Å². The Morgan fingerprint density at radius 2 is 1.78 bits per heavy atom. The lowest BCUT2D eigenvalue weighted by atomic mass is 10.2. The van der Waals surface area contributed by atoms with Crippen molar-refractivity contribution in [2.45, 2.75) is 23.1 Å². The number of benzene rings is 2. The number of fused-ring (bicyclic) bond motifs is 1. The zero-order valence-electron chi connectivity index (χ0n) is 12.3. The van der Waals surface area contributed by atoms with Gasteiger partial charge in [0.25, 0.3) is 0 Å². The van der Waals surface area contributed by atoms with E-state index in [2.05, 4.69) is 4.98 Å². The number of aryl methyl sites for hydroxylation is 1. The molecule has 1 N–H and O–H groups in total. The van der Waals surface area contributed by atoms with Gasteiger partial charge in [-0.3, -0.25) is 4.79 Å². The number of pyridine rings is 1. The zero-order chi connectivity index (χ0) is 16.6. The van der Waals surface area contributed by atoms with Crippen LogP contribution in [0.4, 0.5) is 4.39 Å². The van der Waals surface area contributed by atoms with Crippen LogP contribution in [0.2, 0.25) is 0 Å². The number of halogens is 1. The Bertz CT molecular complexity index is 1040. The fraction of sp³-hybridized carbons (Fsp3) is 0.118. The summed E-state index contributed by atoms with van der Waals surface area (Å²) in [4.78, 5) is 14.8. The molecule has 0 radical (unpaired) electrons. The number of aromatic nitrogens is 1. The highest BCUT2D eigenvalue weighted by molar-refractivity contribution is 7.91. The molecule has 0 bridgehead atoms. The van der Waals surface area contributed by atoms with Crippen LogP contribution in [0.25, 0.3) is 10.9 Å². The third kappa shape index (κ3) is 2.66.